The van der Waals surface area contributed by atoms with Crippen LogP contribution in [0, 0.1) is 5.82 Å². The standard InChI is InChI=1S/C12H11ClFNS/c13-11-7-10(1-2-12(11)14)15-5-3-9-4-6-16-8-9/h1-2,4,6-8,15H,3,5H2. The first kappa shape index (κ1) is 11.4. The van der Waals surface area contributed by atoms with E-state index >= 15 is 0 Å². The van der Waals surface area contributed by atoms with Crippen molar-refractivity contribution in [3.05, 3.63) is 51.4 Å². The van der Waals surface area contributed by atoms with E-state index in [1.165, 1.54) is 11.6 Å². The minimum absolute atomic E-state index is 0.153. The quantitative estimate of drug-likeness (QED) is 0.864. The van der Waals surface area contributed by atoms with Gasteiger partial charge in [0.1, 0.15) is 5.82 Å². The van der Waals surface area contributed by atoms with E-state index in [0.29, 0.717) is 0 Å². The van der Waals surface area contributed by atoms with E-state index in [0.717, 1.165) is 18.7 Å². The maximum absolute atomic E-state index is 12.9. The highest BCUT2D eigenvalue weighted by Gasteiger charge is 2.00. The van der Waals surface area contributed by atoms with Crippen molar-refractivity contribution in [3.8, 4) is 0 Å². The Morgan fingerprint density at radius 2 is 2.19 bits per heavy atom. The van der Waals surface area contributed by atoms with Gasteiger partial charge in [-0.1, -0.05) is 11.6 Å². The van der Waals surface area contributed by atoms with Crippen LogP contribution >= 0.6 is 22.9 Å². The zero-order chi connectivity index (χ0) is 11.4. The fourth-order valence-electron chi connectivity index (χ4n) is 1.39. The van der Waals surface area contributed by atoms with Crippen molar-refractivity contribution in [2.24, 2.45) is 0 Å². The summed E-state index contributed by atoms with van der Waals surface area (Å²) < 4.78 is 12.9. The van der Waals surface area contributed by atoms with Crippen molar-refractivity contribution in [2.75, 3.05) is 11.9 Å². The van der Waals surface area contributed by atoms with Gasteiger partial charge >= 0.3 is 0 Å². The van der Waals surface area contributed by atoms with Gasteiger partial charge in [-0.3, -0.25) is 0 Å². The minimum atomic E-state index is -0.384. The summed E-state index contributed by atoms with van der Waals surface area (Å²) >= 11 is 7.37. The van der Waals surface area contributed by atoms with Crippen LogP contribution < -0.4 is 5.32 Å². The molecule has 0 saturated carbocycles. The minimum Gasteiger partial charge on any atom is -0.385 e. The fraction of sp³-hybridized carbons (Fsp3) is 0.167. The molecule has 1 nitrogen and oxygen atoms in total. The molecular formula is C12H11ClFNS. The van der Waals surface area contributed by atoms with Crippen molar-refractivity contribution in [2.45, 2.75) is 6.42 Å². The summed E-state index contributed by atoms with van der Waals surface area (Å²) in [6.45, 7) is 0.818. The van der Waals surface area contributed by atoms with E-state index in [2.05, 4.69) is 22.1 Å². The molecule has 0 bridgehead atoms. The molecule has 0 aliphatic rings. The molecular weight excluding hydrogens is 245 g/mol. The normalized spacial score (nSPS) is 10.4. The van der Waals surface area contributed by atoms with Crippen LogP contribution in [0.25, 0.3) is 0 Å². The monoisotopic (exact) mass is 255 g/mol. The largest absolute Gasteiger partial charge is 0.385 e. The summed E-state index contributed by atoms with van der Waals surface area (Å²) in [7, 11) is 0. The molecule has 0 unspecified atom stereocenters. The van der Waals surface area contributed by atoms with Gasteiger partial charge in [0, 0.05) is 12.2 Å². The number of rotatable bonds is 4. The number of halogens is 2. The maximum Gasteiger partial charge on any atom is 0.141 e. The van der Waals surface area contributed by atoms with Gasteiger partial charge in [0.2, 0.25) is 0 Å². The van der Waals surface area contributed by atoms with Crippen molar-refractivity contribution in [1.29, 1.82) is 0 Å². The lowest BCUT2D eigenvalue weighted by Crippen LogP contribution is -2.04. The van der Waals surface area contributed by atoms with E-state index in [1.807, 2.05) is 0 Å². The second-order valence-corrected chi connectivity index (χ2v) is 4.62. The molecule has 16 heavy (non-hydrogen) atoms. The van der Waals surface area contributed by atoms with Crippen LogP contribution in [-0.2, 0) is 6.42 Å². The Balaban J connectivity index is 1.87. The van der Waals surface area contributed by atoms with Crippen LogP contribution in [0.3, 0.4) is 0 Å². The second kappa shape index (κ2) is 5.32. The number of hydrogen-bond donors (Lipinski definition) is 1. The molecule has 4 heteroatoms. The smallest absolute Gasteiger partial charge is 0.141 e. The van der Waals surface area contributed by atoms with E-state index < -0.39 is 0 Å². The molecule has 0 aliphatic heterocycles. The zero-order valence-corrected chi connectivity index (χ0v) is 10.1. The first-order chi connectivity index (χ1) is 7.75. The molecule has 1 aromatic carbocycles. The summed E-state index contributed by atoms with van der Waals surface area (Å²) in [5, 5.41) is 7.54. The van der Waals surface area contributed by atoms with Gasteiger partial charge in [0.15, 0.2) is 0 Å². The Morgan fingerprint density at radius 1 is 1.31 bits per heavy atom. The van der Waals surface area contributed by atoms with Gasteiger partial charge in [-0.15, -0.1) is 0 Å². The van der Waals surface area contributed by atoms with Crippen LogP contribution in [0.2, 0.25) is 5.02 Å². The molecule has 0 atom stereocenters. The third-order valence-electron chi connectivity index (χ3n) is 2.24. The Morgan fingerprint density at radius 3 is 2.88 bits per heavy atom. The molecule has 2 aromatic rings. The predicted octanol–water partition coefficient (Wildman–Crippen LogP) is 4.20. The maximum atomic E-state index is 12.9. The highest BCUT2D eigenvalue weighted by atomic mass is 35.5. The SMILES string of the molecule is Fc1ccc(NCCc2ccsc2)cc1Cl. The average molecular weight is 256 g/mol. The fourth-order valence-corrected chi connectivity index (χ4v) is 2.28. The van der Waals surface area contributed by atoms with Gasteiger partial charge in [0.25, 0.3) is 0 Å². The number of anilines is 1. The number of nitrogens with one attached hydrogen (secondary N) is 1. The van der Waals surface area contributed by atoms with E-state index in [-0.39, 0.29) is 10.8 Å². The highest BCUT2D eigenvalue weighted by Crippen LogP contribution is 2.19. The lowest BCUT2D eigenvalue weighted by atomic mass is 10.2. The molecule has 0 fully saturated rings. The lowest BCUT2D eigenvalue weighted by Gasteiger charge is -2.06. The number of thiophene rings is 1. The van der Waals surface area contributed by atoms with Crippen molar-refractivity contribution in [1.82, 2.24) is 0 Å². The van der Waals surface area contributed by atoms with Crippen LogP contribution in [0.5, 0.6) is 0 Å². The van der Waals surface area contributed by atoms with Crippen molar-refractivity contribution >= 4 is 28.6 Å². The van der Waals surface area contributed by atoms with E-state index in [9.17, 15) is 4.39 Å². The van der Waals surface area contributed by atoms with Crippen LogP contribution in [-0.4, -0.2) is 6.54 Å². The van der Waals surface area contributed by atoms with Crippen LogP contribution in [0.15, 0.2) is 35.0 Å². The topological polar surface area (TPSA) is 12.0 Å². The molecule has 2 rings (SSSR count). The number of hydrogen-bond acceptors (Lipinski definition) is 2. The Hall–Kier alpha value is -1.06. The van der Waals surface area contributed by atoms with Gasteiger partial charge in [-0.25, -0.2) is 4.39 Å². The predicted molar refractivity (Wildman–Crippen MR) is 67.9 cm³/mol. The van der Waals surface area contributed by atoms with Gasteiger partial charge in [0.05, 0.1) is 5.02 Å². The third-order valence-corrected chi connectivity index (χ3v) is 3.26. The molecule has 0 aliphatic carbocycles. The molecule has 0 radical (unpaired) electrons. The summed E-state index contributed by atoms with van der Waals surface area (Å²) in [4.78, 5) is 0. The lowest BCUT2D eigenvalue weighted by molar-refractivity contribution is 0.628. The van der Waals surface area contributed by atoms with E-state index in [4.69, 9.17) is 11.6 Å². The first-order valence-electron chi connectivity index (χ1n) is 4.96. The molecule has 1 aromatic heterocycles. The highest BCUT2D eigenvalue weighted by molar-refractivity contribution is 7.07. The second-order valence-electron chi connectivity index (χ2n) is 3.44. The molecule has 0 saturated heterocycles. The Kier molecular flexibility index (Phi) is 3.80. The molecule has 1 heterocycles. The molecule has 0 spiro atoms. The number of benzene rings is 1. The summed E-state index contributed by atoms with van der Waals surface area (Å²) in [5.74, 6) is -0.384. The van der Waals surface area contributed by atoms with E-state index in [1.54, 1.807) is 23.5 Å². The summed E-state index contributed by atoms with van der Waals surface area (Å²) in [6.07, 6.45) is 0.957. The average Bonchev–Trinajstić information content (AvgIpc) is 2.76. The molecule has 84 valence electrons. The van der Waals surface area contributed by atoms with Crippen molar-refractivity contribution in [3.63, 3.8) is 0 Å². The molecule has 0 amide bonds. The third kappa shape index (κ3) is 2.97. The molecule has 1 N–H and O–H groups in total. The van der Waals surface area contributed by atoms with Gasteiger partial charge in [-0.2, -0.15) is 11.3 Å². The Labute approximate surface area is 103 Å². The van der Waals surface area contributed by atoms with Gasteiger partial charge in [-0.05, 0) is 47.0 Å². The van der Waals surface area contributed by atoms with Crippen LogP contribution in [0.1, 0.15) is 5.56 Å². The van der Waals surface area contributed by atoms with Gasteiger partial charge < -0.3 is 5.32 Å². The van der Waals surface area contributed by atoms with Crippen molar-refractivity contribution < 1.29 is 4.39 Å². The summed E-state index contributed by atoms with van der Waals surface area (Å²) in [6, 6.07) is 6.76. The summed E-state index contributed by atoms with van der Waals surface area (Å²) in [5.41, 5.74) is 2.16. The zero-order valence-electron chi connectivity index (χ0n) is 8.54. The first-order valence-corrected chi connectivity index (χ1v) is 6.28. The Bertz CT molecular complexity index is 456. The van der Waals surface area contributed by atoms with Crippen LogP contribution in [0.4, 0.5) is 10.1 Å².